The van der Waals surface area contributed by atoms with Gasteiger partial charge >= 0.3 is 0 Å². The molecule has 1 heterocycles. The highest BCUT2D eigenvalue weighted by atomic mass is 31.2. The number of anilines is 1. The van der Waals surface area contributed by atoms with Gasteiger partial charge in [0.05, 0.1) is 5.71 Å². The maximum absolute atomic E-state index is 11.7. The van der Waals surface area contributed by atoms with E-state index < -0.39 is 7.41 Å². The van der Waals surface area contributed by atoms with Crippen molar-refractivity contribution in [2.75, 3.05) is 12.2 Å². The smallest absolute Gasteiger partial charge is 0.246 e. The molecular formula is C12H16N3O2P. The zero-order valence-electron chi connectivity index (χ0n) is 10.6. The minimum atomic E-state index is -2.37. The highest BCUT2D eigenvalue weighted by Gasteiger charge is 2.33. The van der Waals surface area contributed by atoms with Crippen LogP contribution in [0.1, 0.15) is 13.8 Å². The quantitative estimate of drug-likeness (QED) is 0.854. The first-order chi connectivity index (χ1) is 8.57. The topological polar surface area (TPSA) is 53.9 Å². The van der Waals surface area contributed by atoms with E-state index in [1.165, 1.54) is 11.7 Å². The number of carbonyl (C=O) groups excluding carboxylic acids is 1. The number of carbonyl (C=O) groups is 1. The summed E-state index contributed by atoms with van der Waals surface area (Å²) in [5.41, 5.74) is 1.68. The molecule has 0 bridgehead atoms. The van der Waals surface area contributed by atoms with Gasteiger partial charge in [0.25, 0.3) is 0 Å². The Balaban J connectivity index is 2.38. The van der Waals surface area contributed by atoms with E-state index >= 15 is 0 Å². The second-order valence-electron chi connectivity index (χ2n) is 3.96. The fraction of sp³-hybridized carbons (Fsp3) is 0.250. The number of rotatable bonds is 3. The summed E-state index contributed by atoms with van der Waals surface area (Å²) < 4.78 is 6.99. The van der Waals surface area contributed by atoms with Crippen LogP contribution in [0.2, 0.25) is 0 Å². The van der Waals surface area contributed by atoms with Crippen LogP contribution in [-0.2, 0) is 9.32 Å². The average molecular weight is 265 g/mol. The van der Waals surface area contributed by atoms with Gasteiger partial charge in [-0.1, -0.05) is 18.2 Å². The molecule has 2 rings (SSSR count). The number of para-hydroxylation sites is 1. The molecule has 0 aliphatic carbocycles. The molecule has 5 nitrogen and oxygen atoms in total. The molecule has 0 fully saturated rings. The molecule has 1 aromatic carbocycles. The molecule has 0 radical (unpaired) electrons. The van der Waals surface area contributed by atoms with E-state index in [4.69, 9.17) is 4.52 Å². The van der Waals surface area contributed by atoms with Crippen molar-refractivity contribution in [2.45, 2.75) is 13.8 Å². The van der Waals surface area contributed by atoms with Gasteiger partial charge in [-0.05, 0) is 19.1 Å². The number of hydrogen-bond donors (Lipinski definition) is 1. The van der Waals surface area contributed by atoms with Crippen LogP contribution in [-0.4, -0.2) is 29.3 Å². The summed E-state index contributed by atoms with van der Waals surface area (Å²) in [7, 11) is -0.779. The van der Waals surface area contributed by atoms with Gasteiger partial charge in [-0.25, -0.2) is 0 Å². The Morgan fingerprint density at radius 1 is 1.39 bits per heavy atom. The van der Waals surface area contributed by atoms with Crippen LogP contribution >= 0.6 is 7.41 Å². The molecule has 6 heteroatoms. The average Bonchev–Trinajstić information content (AvgIpc) is 2.68. The zero-order chi connectivity index (χ0) is 13.2. The minimum Gasteiger partial charge on any atom is -0.329 e. The van der Waals surface area contributed by atoms with Crippen molar-refractivity contribution in [3.8, 4) is 0 Å². The van der Waals surface area contributed by atoms with Crippen LogP contribution in [0, 0.1) is 0 Å². The Labute approximate surface area is 107 Å². The first-order valence-corrected chi connectivity index (χ1v) is 7.30. The molecule has 1 N–H and O–H groups in total. The second kappa shape index (κ2) is 4.96. The predicted molar refractivity (Wildman–Crippen MR) is 75.7 cm³/mol. The van der Waals surface area contributed by atoms with E-state index in [0.717, 1.165) is 11.4 Å². The summed E-state index contributed by atoms with van der Waals surface area (Å²) in [5, 5.41) is 7.51. The summed E-state index contributed by atoms with van der Waals surface area (Å²) in [6, 6.07) is 9.65. The number of nitrogens with one attached hydrogen (secondary N) is 1. The lowest BCUT2D eigenvalue weighted by molar-refractivity contribution is -0.124. The molecule has 96 valence electrons. The Morgan fingerprint density at radius 3 is 2.61 bits per heavy atom. The van der Waals surface area contributed by atoms with Crippen LogP contribution in [0.3, 0.4) is 0 Å². The fourth-order valence-electron chi connectivity index (χ4n) is 1.78. The number of benzene rings is 1. The number of amides is 1. The van der Waals surface area contributed by atoms with Gasteiger partial charge in [0.2, 0.25) is 13.3 Å². The Kier molecular flexibility index (Phi) is 3.55. The van der Waals surface area contributed by atoms with Gasteiger partial charge < -0.3 is 9.61 Å². The van der Waals surface area contributed by atoms with Gasteiger partial charge in [-0.3, -0.25) is 4.79 Å². The first kappa shape index (κ1) is 12.9. The molecule has 0 saturated carbocycles. The van der Waals surface area contributed by atoms with E-state index in [-0.39, 0.29) is 5.91 Å². The van der Waals surface area contributed by atoms with E-state index in [0.29, 0.717) is 0 Å². The lowest BCUT2D eigenvalue weighted by Gasteiger charge is -2.29. The predicted octanol–water partition coefficient (Wildman–Crippen LogP) is 2.55. The highest BCUT2D eigenvalue weighted by molar-refractivity contribution is 7.72. The maximum Gasteiger partial charge on any atom is 0.246 e. The molecule has 1 aromatic rings. The van der Waals surface area contributed by atoms with Crippen molar-refractivity contribution in [3.05, 3.63) is 30.3 Å². The van der Waals surface area contributed by atoms with E-state index in [2.05, 4.69) is 10.2 Å². The summed E-state index contributed by atoms with van der Waals surface area (Å²) in [5.74, 6) is 1.75. The van der Waals surface area contributed by atoms with Crippen LogP contribution < -0.4 is 5.09 Å². The number of hydrazone groups is 1. The summed E-state index contributed by atoms with van der Waals surface area (Å²) in [6.45, 7) is 3.33. The molecule has 18 heavy (non-hydrogen) atoms. The van der Waals surface area contributed by atoms with Gasteiger partial charge in [0, 0.05) is 25.5 Å². The third kappa shape index (κ3) is 2.33. The van der Waals surface area contributed by atoms with Crippen molar-refractivity contribution in [2.24, 2.45) is 5.10 Å². The SMILES string of the molecule is COP1(Nc2ccccc2)=CC(C)=NN1C(C)=O. The van der Waals surface area contributed by atoms with Gasteiger partial charge in [-0.15, -0.1) is 0 Å². The first-order valence-electron chi connectivity index (χ1n) is 5.57. The number of nitrogens with zero attached hydrogens (tertiary/aromatic N) is 2. The molecule has 0 saturated heterocycles. The van der Waals surface area contributed by atoms with Gasteiger partial charge in [-0.2, -0.15) is 9.88 Å². The standard InChI is InChI=1S/C12H16N3O2P/c1-10-9-18(17-3,15(13-10)11(2)16)14-12-7-5-4-6-8-12/h4-9,14H,1-3H3. The molecule has 0 spiro atoms. The summed E-state index contributed by atoms with van der Waals surface area (Å²) >= 11 is 0. The Bertz CT molecular complexity index is 540. The van der Waals surface area contributed by atoms with Gasteiger partial charge in [0.15, 0.2) is 0 Å². The van der Waals surface area contributed by atoms with E-state index in [9.17, 15) is 4.79 Å². The molecule has 1 aliphatic heterocycles. The van der Waals surface area contributed by atoms with Crippen molar-refractivity contribution in [1.29, 1.82) is 0 Å². The minimum absolute atomic E-state index is 0.137. The van der Waals surface area contributed by atoms with Crippen molar-refractivity contribution in [3.63, 3.8) is 0 Å². The Hall–Kier alpha value is -1.58. The molecular weight excluding hydrogens is 249 g/mol. The second-order valence-corrected chi connectivity index (χ2v) is 6.43. The zero-order valence-corrected chi connectivity index (χ0v) is 11.5. The van der Waals surface area contributed by atoms with E-state index in [1.807, 2.05) is 43.1 Å². The summed E-state index contributed by atoms with van der Waals surface area (Å²) in [4.78, 5) is 11.7. The monoisotopic (exact) mass is 265 g/mol. The largest absolute Gasteiger partial charge is 0.329 e. The van der Waals surface area contributed by atoms with Crippen LogP contribution in [0.25, 0.3) is 0 Å². The Morgan fingerprint density at radius 2 is 2.06 bits per heavy atom. The van der Waals surface area contributed by atoms with Crippen molar-refractivity contribution >= 4 is 30.5 Å². The molecule has 1 aliphatic rings. The van der Waals surface area contributed by atoms with Crippen LogP contribution in [0.15, 0.2) is 35.4 Å². The fourth-order valence-corrected chi connectivity index (χ4v) is 4.17. The third-order valence-corrected chi connectivity index (χ3v) is 5.31. The van der Waals surface area contributed by atoms with E-state index in [1.54, 1.807) is 7.11 Å². The molecule has 0 aromatic heterocycles. The molecule has 1 atom stereocenters. The van der Waals surface area contributed by atoms with Crippen LogP contribution in [0.5, 0.6) is 0 Å². The third-order valence-electron chi connectivity index (χ3n) is 2.52. The highest BCUT2D eigenvalue weighted by Crippen LogP contribution is 2.53. The summed E-state index contributed by atoms with van der Waals surface area (Å²) in [6.07, 6.45) is 0. The lowest BCUT2D eigenvalue weighted by atomic mass is 10.3. The molecule has 1 amide bonds. The van der Waals surface area contributed by atoms with Crippen molar-refractivity contribution in [1.82, 2.24) is 4.78 Å². The van der Waals surface area contributed by atoms with Gasteiger partial charge in [0.1, 0.15) is 0 Å². The maximum atomic E-state index is 11.7. The molecule has 1 unspecified atom stereocenters. The normalized spacial score (nSPS) is 22.4. The number of hydrogen-bond acceptors (Lipinski definition) is 4. The lowest BCUT2D eigenvalue weighted by Crippen LogP contribution is -2.22. The van der Waals surface area contributed by atoms with Crippen molar-refractivity contribution < 1.29 is 9.32 Å². The van der Waals surface area contributed by atoms with Crippen LogP contribution in [0.4, 0.5) is 5.69 Å².